The predicted octanol–water partition coefficient (Wildman–Crippen LogP) is 1.59. The van der Waals surface area contributed by atoms with E-state index in [2.05, 4.69) is 15.6 Å². The SMILES string of the molecule is CN(C)C(=O)CN=C(NCC1(C(=O)N(C)C)CCCC1)NC1CCCCC1. The van der Waals surface area contributed by atoms with Gasteiger partial charge in [0.15, 0.2) is 5.96 Å². The first-order valence-electron chi connectivity index (χ1n) is 10.3. The molecule has 27 heavy (non-hydrogen) atoms. The second-order valence-corrected chi connectivity index (χ2v) is 8.47. The molecular weight excluding hydrogens is 342 g/mol. The lowest BCUT2D eigenvalue weighted by molar-refractivity contribution is -0.138. The van der Waals surface area contributed by atoms with Gasteiger partial charge in [0.05, 0.1) is 5.41 Å². The molecule has 2 fully saturated rings. The number of amides is 2. The van der Waals surface area contributed by atoms with Crippen LogP contribution in [0.5, 0.6) is 0 Å². The molecule has 7 nitrogen and oxygen atoms in total. The summed E-state index contributed by atoms with van der Waals surface area (Å²) in [5, 5.41) is 6.90. The number of carbonyl (C=O) groups excluding carboxylic acids is 2. The third-order valence-corrected chi connectivity index (χ3v) is 5.83. The van der Waals surface area contributed by atoms with Crippen LogP contribution in [0, 0.1) is 5.41 Å². The number of aliphatic imine (C=N–C) groups is 1. The van der Waals surface area contributed by atoms with Gasteiger partial charge in [-0.05, 0) is 25.7 Å². The van der Waals surface area contributed by atoms with Crippen LogP contribution < -0.4 is 10.6 Å². The molecule has 2 rings (SSSR count). The highest BCUT2D eigenvalue weighted by atomic mass is 16.2. The van der Waals surface area contributed by atoms with Gasteiger partial charge in [-0.1, -0.05) is 32.1 Å². The van der Waals surface area contributed by atoms with E-state index < -0.39 is 0 Å². The number of nitrogens with zero attached hydrogens (tertiary/aromatic N) is 3. The van der Waals surface area contributed by atoms with Crippen molar-refractivity contribution in [1.29, 1.82) is 0 Å². The van der Waals surface area contributed by atoms with Gasteiger partial charge in [0.1, 0.15) is 6.54 Å². The highest BCUT2D eigenvalue weighted by Gasteiger charge is 2.42. The van der Waals surface area contributed by atoms with Crippen LogP contribution in [0.15, 0.2) is 4.99 Å². The Labute approximate surface area is 163 Å². The second-order valence-electron chi connectivity index (χ2n) is 8.47. The molecule has 0 saturated heterocycles. The summed E-state index contributed by atoms with van der Waals surface area (Å²) in [5.41, 5.74) is -0.357. The maximum Gasteiger partial charge on any atom is 0.243 e. The zero-order valence-corrected chi connectivity index (χ0v) is 17.5. The lowest BCUT2D eigenvalue weighted by Crippen LogP contribution is -2.51. The summed E-state index contributed by atoms with van der Waals surface area (Å²) in [6.07, 6.45) is 9.99. The van der Waals surface area contributed by atoms with Crippen LogP contribution in [-0.4, -0.2) is 74.9 Å². The van der Waals surface area contributed by atoms with Crippen molar-refractivity contribution in [2.24, 2.45) is 10.4 Å². The number of hydrogen-bond donors (Lipinski definition) is 2. The average molecular weight is 380 g/mol. The smallest absolute Gasteiger partial charge is 0.243 e. The maximum atomic E-state index is 12.8. The monoisotopic (exact) mass is 379 g/mol. The van der Waals surface area contributed by atoms with Crippen molar-refractivity contribution in [1.82, 2.24) is 20.4 Å². The van der Waals surface area contributed by atoms with E-state index in [1.807, 2.05) is 14.1 Å². The lowest BCUT2D eigenvalue weighted by atomic mass is 9.84. The first-order chi connectivity index (χ1) is 12.8. The Morgan fingerprint density at radius 1 is 0.963 bits per heavy atom. The fraction of sp³-hybridized carbons (Fsp3) is 0.850. The third-order valence-electron chi connectivity index (χ3n) is 5.83. The van der Waals surface area contributed by atoms with E-state index in [4.69, 9.17) is 0 Å². The molecule has 0 aromatic heterocycles. The van der Waals surface area contributed by atoms with Crippen molar-refractivity contribution in [2.75, 3.05) is 41.3 Å². The van der Waals surface area contributed by atoms with Crippen molar-refractivity contribution < 1.29 is 9.59 Å². The second kappa shape index (κ2) is 9.95. The Balaban J connectivity index is 2.06. The number of guanidine groups is 1. The quantitative estimate of drug-likeness (QED) is 0.543. The highest BCUT2D eigenvalue weighted by Crippen LogP contribution is 2.38. The molecule has 7 heteroatoms. The molecule has 0 spiro atoms. The summed E-state index contributed by atoms with van der Waals surface area (Å²) < 4.78 is 0. The van der Waals surface area contributed by atoms with Crippen LogP contribution >= 0.6 is 0 Å². The molecule has 0 atom stereocenters. The molecule has 2 saturated carbocycles. The van der Waals surface area contributed by atoms with Crippen molar-refractivity contribution in [3.8, 4) is 0 Å². The zero-order valence-electron chi connectivity index (χ0n) is 17.5. The highest BCUT2D eigenvalue weighted by molar-refractivity contribution is 5.87. The van der Waals surface area contributed by atoms with E-state index in [1.165, 1.54) is 19.3 Å². The number of likely N-dealkylation sites (N-methyl/N-ethyl adjacent to an activating group) is 1. The topological polar surface area (TPSA) is 77.0 Å². The minimum Gasteiger partial charge on any atom is -0.355 e. The summed E-state index contributed by atoms with van der Waals surface area (Å²) in [6.45, 7) is 0.683. The number of nitrogens with one attached hydrogen (secondary N) is 2. The number of rotatable bonds is 6. The minimum absolute atomic E-state index is 0.0281. The van der Waals surface area contributed by atoms with E-state index in [-0.39, 0.29) is 23.8 Å². The molecule has 2 amide bonds. The van der Waals surface area contributed by atoms with E-state index >= 15 is 0 Å². The number of carbonyl (C=O) groups is 2. The molecule has 0 heterocycles. The molecule has 2 aliphatic rings. The van der Waals surface area contributed by atoms with Crippen LogP contribution in [0.2, 0.25) is 0 Å². The van der Waals surface area contributed by atoms with Gasteiger partial charge in [0.2, 0.25) is 11.8 Å². The van der Waals surface area contributed by atoms with Crippen LogP contribution in [0.3, 0.4) is 0 Å². The summed E-state index contributed by atoms with van der Waals surface area (Å²) >= 11 is 0. The molecule has 0 aromatic carbocycles. The van der Waals surface area contributed by atoms with Crippen LogP contribution in [0.4, 0.5) is 0 Å². The Morgan fingerprint density at radius 2 is 1.59 bits per heavy atom. The Bertz CT molecular complexity index is 532. The van der Waals surface area contributed by atoms with E-state index in [9.17, 15) is 9.59 Å². The van der Waals surface area contributed by atoms with Crippen LogP contribution in [0.1, 0.15) is 57.8 Å². The van der Waals surface area contributed by atoms with Gasteiger partial charge < -0.3 is 20.4 Å². The molecule has 2 N–H and O–H groups in total. The molecule has 0 aliphatic heterocycles. The summed E-state index contributed by atoms with van der Waals surface area (Å²) in [7, 11) is 7.13. The standard InChI is InChI=1S/C20H37N5O2/c1-24(2)17(26)14-21-19(23-16-10-6-5-7-11-16)22-15-20(12-8-9-13-20)18(27)25(3)4/h16H,5-15H2,1-4H3,(H2,21,22,23). The van der Waals surface area contributed by atoms with Gasteiger partial charge in [-0.2, -0.15) is 0 Å². The van der Waals surface area contributed by atoms with Crippen LogP contribution in [0.25, 0.3) is 0 Å². The van der Waals surface area contributed by atoms with Gasteiger partial charge in [0, 0.05) is 40.8 Å². The van der Waals surface area contributed by atoms with Gasteiger partial charge in [-0.15, -0.1) is 0 Å². The molecule has 2 aliphatic carbocycles. The molecule has 0 radical (unpaired) electrons. The van der Waals surface area contributed by atoms with Gasteiger partial charge in [-0.3, -0.25) is 9.59 Å². The van der Waals surface area contributed by atoms with Crippen LogP contribution in [-0.2, 0) is 9.59 Å². The molecule has 0 aromatic rings. The van der Waals surface area contributed by atoms with Crippen molar-refractivity contribution in [2.45, 2.75) is 63.8 Å². The Hall–Kier alpha value is -1.79. The van der Waals surface area contributed by atoms with E-state index in [1.54, 1.807) is 23.9 Å². The van der Waals surface area contributed by atoms with E-state index in [0.29, 0.717) is 18.5 Å². The van der Waals surface area contributed by atoms with Crippen molar-refractivity contribution >= 4 is 17.8 Å². The van der Waals surface area contributed by atoms with Crippen molar-refractivity contribution in [3.63, 3.8) is 0 Å². The van der Waals surface area contributed by atoms with E-state index in [0.717, 1.165) is 38.5 Å². The van der Waals surface area contributed by atoms with Gasteiger partial charge in [-0.25, -0.2) is 4.99 Å². The fourth-order valence-electron chi connectivity index (χ4n) is 4.13. The molecule has 154 valence electrons. The first-order valence-corrected chi connectivity index (χ1v) is 10.3. The maximum absolute atomic E-state index is 12.8. The van der Waals surface area contributed by atoms with Gasteiger partial charge >= 0.3 is 0 Å². The molecule has 0 bridgehead atoms. The third kappa shape index (κ3) is 6.11. The molecular formula is C20H37N5O2. The summed E-state index contributed by atoms with van der Waals surface area (Å²) in [5.74, 6) is 0.823. The average Bonchev–Trinajstić information content (AvgIpc) is 3.13. The summed E-state index contributed by atoms with van der Waals surface area (Å²) in [4.78, 5) is 32.5. The normalized spacial score (nSPS) is 20.2. The largest absolute Gasteiger partial charge is 0.355 e. The van der Waals surface area contributed by atoms with Crippen molar-refractivity contribution in [3.05, 3.63) is 0 Å². The predicted molar refractivity (Wildman–Crippen MR) is 109 cm³/mol. The first kappa shape index (κ1) is 21.5. The Kier molecular flexibility index (Phi) is 7.92. The summed E-state index contributed by atoms with van der Waals surface area (Å²) in [6, 6.07) is 0.392. The fourth-order valence-corrected chi connectivity index (χ4v) is 4.13. The minimum atomic E-state index is -0.357. The lowest BCUT2D eigenvalue weighted by Gasteiger charge is -2.32. The Morgan fingerprint density at radius 3 is 2.15 bits per heavy atom. The van der Waals surface area contributed by atoms with Gasteiger partial charge in [0.25, 0.3) is 0 Å². The molecule has 0 unspecified atom stereocenters. The zero-order chi connectivity index (χ0) is 19.9. The number of hydrogen-bond acceptors (Lipinski definition) is 3.